The molecule has 0 saturated heterocycles. The highest BCUT2D eigenvalue weighted by molar-refractivity contribution is 9.10. The van der Waals surface area contributed by atoms with Gasteiger partial charge in [-0.25, -0.2) is 0 Å². The minimum absolute atomic E-state index is 0.439. The third-order valence-electron chi connectivity index (χ3n) is 3.04. The van der Waals surface area contributed by atoms with Gasteiger partial charge in [0.2, 0.25) is 0 Å². The summed E-state index contributed by atoms with van der Waals surface area (Å²) in [6, 6.07) is 11.6. The molecular formula is C16H16Br2O3. The Kier molecular flexibility index (Phi) is 5.94. The van der Waals surface area contributed by atoms with Crippen molar-refractivity contribution in [1.82, 2.24) is 0 Å². The number of hydrogen-bond acceptors (Lipinski definition) is 3. The second-order valence-corrected chi connectivity index (χ2v) is 5.83. The zero-order valence-electron chi connectivity index (χ0n) is 11.9. The normalized spacial score (nSPS) is 10.3. The summed E-state index contributed by atoms with van der Waals surface area (Å²) in [5, 5.41) is 0.704. The van der Waals surface area contributed by atoms with Crippen LogP contribution in [0, 0.1) is 0 Å². The number of ether oxygens (including phenoxy) is 3. The van der Waals surface area contributed by atoms with E-state index in [1.165, 1.54) is 0 Å². The van der Waals surface area contributed by atoms with Crippen LogP contribution in [0.15, 0.2) is 40.9 Å². The fraction of sp³-hybridized carbons (Fsp3) is 0.250. The first-order valence-corrected chi connectivity index (χ1v) is 8.27. The molecule has 0 bridgehead atoms. The summed E-state index contributed by atoms with van der Waals surface area (Å²) >= 11 is 6.93. The molecule has 0 aliphatic carbocycles. The van der Waals surface area contributed by atoms with Crippen LogP contribution in [0.2, 0.25) is 0 Å². The highest BCUT2D eigenvalue weighted by atomic mass is 79.9. The predicted octanol–water partition coefficient (Wildman–Crippen LogP) is 4.94. The van der Waals surface area contributed by atoms with Crippen LogP contribution in [0.25, 0.3) is 0 Å². The summed E-state index contributed by atoms with van der Waals surface area (Å²) < 4.78 is 17.5. The van der Waals surface area contributed by atoms with E-state index < -0.39 is 0 Å². The molecule has 112 valence electrons. The Labute approximate surface area is 141 Å². The molecular weight excluding hydrogens is 400 g/mol. The van der Waals surface area contributed by atoms with Crippen molar-refractivity contribution in [3.63, 3.8) is 0 Å². The summed E-state index contributed by atoms with van der Waals surface area (Å²) in [6.07, 6.45) is 0. The summed E-state index contributed by atoms with van der Waals surface area (Å²) in [5.74, 6) is 2.46. The van der Waals surface area contributed by atoms with Crippen LogP contribution in [0.5, 0.6) is 17.2 Å². The number of alkyl halides is 1. The van der Waals surface area contributed by atoms with Crippen molar-refractivity contribution in [2.24, 2.45) is 0 Å². The molecule has 0 aromatic heterocycles. The van der Waals surface area contributed by atoms with E-state index in [-0.39, 0.29) is 0 Å². The van der Waals surface area contributed by atoms with Crippen molar-refractivity contribution in [1.29, 1.82) is 0 Å². The van der Waals surface area contributed by atoms with E-state index in [4.69, 9.17) is 14.2 Å². The molecule has 0 N–H and O–H groups in total. The molecule has 0 spiro atoms. The minimum Gasteiger partial charge on any atom is -0.497 e. The molecule has 2 aromatic rings. The first-order valence-electron chi connectivity index (χ1n) is 6.36. The molecule has 0 radical (unpaired) electrons. The number of methoxy groups -OCH3 is 2. The molecule has 3 nitrogen and oxygen atoms in total. The number of halogens is 2. The lowest BCUT2D eigenvalue weighted by atomic mass is 10.2. The SMILES string of the molecule is COc1ccc(OCc2cc(Br)ccc2OC)c(CBr)c1. The molecule has 2 aromatic carbocycles. The maximum atomic E-state index is 5.92. The Morgan fingerprint density at radius 1 is 0.905 bits per heavy atom. The van der Waals surface area contributed by atoms with E-state index in [0.717, 1.165) is 32.8 Å². The largest absolute Gasteiger partial charge is 0.497 e. The average molecular weight is 416 g/mol. The van der Waals surface area contributed by atoms with Gasteiger partial charge in [0.05, 0.1) is 14.2 Å². The van der Waals surface area contributed by atoms with Crippen LogP contribution in [0.4, 0.5) is 0 Å². The standard InChI is InChI=1S/C16H16Br2O3/c1-19-14-4-6-16(11(8-14)9-17)21-10-12-7-13(18)3-5-15(12)20-2/h3-8H,9-10H2,1-2H3. The van der Waals surface area contributed by atoms with Gasteiger partial charge in [-0.2, -0.15) is 0 Å². The quantitative estimate of drug-likeness (QED) is 0.625. The van der Waals surface area contributed by atoms with Crippen molar-refractivity contribution >= 4 is 31.9 Å². The Morgan fingerprint density at radius 2 is 1.67 bits per heavy atom. The van der Waals surface area contributed by atoms with Gasteiger partial charge < -0.3 is 14.2 Å². The smallest absolute Gasteiger partial charge is 0.125 e. The molecule has 0 heterocycles. The number of rotatable bonds is 6. The summed E-state index contributed by atoms with van der Waals surface area (Å²) in [7, 11) is 3.31. The van der Waals surface area contributed by atoms with Gasteiger partial charge in [0.1, 0.15) is 23.9 Å². The Hall–Kier alpha value is -1.20. The van der Waals surface area contributed by atoms with Crippen LogP contribution in [-0.4, -0.2) is 14.2 Å². The van der Waals surface area contributed by atoms with Gasteiger partial charge in [-0.3, -0.25) is 0 Å². The first-order chi connectivity index (χ1) is 10.2. The van der Waals surface area contributed by atoms with Crippen molar-refractivity contribution in [3.05, 3.63) is 52.0 Å². The van der Waals surface area contributed by atoms with E-state index in [1.807, 2.05) is 36.4 Å². The van der Waals surface area contributed by atoms with E-state index in [1.54, 1.807) is 14.2 Å². The summed E-state index contributed by atoms with van der Waals surface area (Å²) in [6.45, 7) is 0.439. The van der Waals surface area contributed by atoms with E-state index in [2.05, 4.69) is 31.9 Å². The maximum Gasteiger partial charge on any atom is 0.125 e. The fourth-order valence-electron chi connectivity index (χ4n) is 1.94. The predicted molar refractivity (Wildman–Crippen MR) is 90.7 cm³/mol. The lowest BCUT2D eigenvalue weighted by Gasteiger charge is -2.13. The second-order valence-electron chi connectivity index (χ2n) is 4.35. The van der Waals surface area contributed by atoms with E-state index in [9.17, 15) is 0 Å². The molecule has 0 unspecified atom stereocenters. The zero-order valence-corrected chi connectivity index (χ0v) is 15.0. The molecule has 21 heavy (non-hydrogen) atoms. The molecule has 5 heteroatoms. The van der Waals surface area contributed by atoms with Crippen molar-refractivity contribution < 1.29 is 14.2 Å². The lowest BCUT2D eigenvalue weighted by Crippen LogP contribution is -2.01. The summed E-state index contributed by atoms with van der Waals surface area (Å²) in [4.78, 5) is 0. The monoisotopic (exact) mass is 414 g/mol. The van der Waals surface area contributed by atoms with Gasteiger partial charge in [-0.1, -0.05) is 31.9 Å². The molecule has 0 aliphatic heterocycles. The highest BCUT2D eigenvalue weighted by Gasteiger charge is 2.08. The first kappa shape index (κ1) is 16.2. The topological polar surface area (TPSA) is 27.7 Å². The van der Waals surface area contributed by atoms with Crippen LogP contribution in [0.3, 0.4) is 0 Å². The van der Waals surface area contributed by atoms with Gasteiger partial charge in [0.25, 0.3) is 0 Å². The van der Waals surface area contributed by atoms with Crippen molar-refractivity contribution in [3.8, 4) is 17.2 Å². The molecule has 0 saturated carbocycles. The Morgan fingerprint density at radius 3 is 2.33 bits per heavy atom. The van der Waals surface area contributed by atoms with Crippen LogP contribution in [0.1, 0.15) is 11.1 Å². The third kappa shape index (κ3) is 4.14. The number of benzene rings is 2. The van der Waals surface area contributed by atoms with Crippen LogP contribution >= 0.6 is 31.9 Å². The maximum absolute atomic E-state index is 5.92. The van der Waals surface area contributed by atoms with E-state index in [0.29, 0.717) is 11.9 Å². The van der Waals surface area contributed by atoms with Crippen molar-refractivity contribution in [2.75, 3.05) is 14.2 Å². The molecule has 0 fully saturated rings. The second kappa shape index (κ2) is 7.71. The highest BCUT2D eigenvalue weighted by Crippen LogP contribution is 2.29. The van der Waals surface area contributed by atoms with Gasteiger partial charge in [0.15, 0.2) is 0 Å². The van der Waals surface area contributed by atoms with Crippen LogP contribution in [-0.2, 0) is 11.9 Å². The van der Waals surface area contributed by atoms with Crippen LogP contribution < -0.4 is 14.2 Å². The molecule has 0 aliphatic rings. The summed E-state index contributed by atoms with van der Waals surface area (Å²) in [5.41, 5.74) is 2.03. The van der Waals surface area contributed by atoms with E-state index >= 15 is 0 Å². The minimum atomic E-state index is 0.439. The Bertz CT molecular complexity index is 614. The lowest BCUT2D eigenvalue weighted by molar-refractivity contribution is 0.294. The zero-order chi connectivity index (χ0) is 15.2. The number of hydrogen-bond donors (Lipinski definition) is 0. The van der Waals surface area contributed by atoms with Gasteiger partial charge in [-0.15, -0.1) is 0 Å². The molecule has 2 rings (SSSR count). The van der Waals surface area contributed by atoms with Gasteiger partial charge in [0, 0.05) is 20.9 Å². The van der Waals surface area contributed by atoms with Crippen molar-refractivity contribution in [2.45, 2.75) is 11.9 Å². The Balaban J connectivity index is 2.18. The average Bonchev–Trinajstić information content (AvgIpc) is 2.52. The fourth-order valence-corrected chi connectivity index (χ4v) is 2.79. The van der Waals surface area contributed by atoms with Gasteiger partial charge >= 0.3 is 0 Å². The third-order valence-corrected chi connectivity index (χ3v) is 4.13. The molecule has 0 atom stereocenters. The van der Waals surface area contributed by atoms with Gasteiger partial charge in [-0.05, 0) is 36.4 Å². The molecule has 0 amide bonds.